The number of pyridine rings is 1. The summed E-state index contributed by atoms with van der Waals surface area (Å²) in [5, 5.41) is 3.74. The Kier molecular flexibility index (Phi) is 8.10. The Bertz CT molecular complexity index is 1140. The fourth-order valence-corrected chi connectivity index (χ4v) is 5.83. The smallest absolute Gasteiger partial charge is 0.159 e. The topological polar surface area (TPSA) is 72.6 Å². The van der Waals surface area contributed by atoms with Crippen molar-refractivity contribution in [3.8, 4) is 11.4 Å². The number of anilines is 2. The van der Waals surface area contributed by atoms with Gasteiger partial charge in [0.25, 0.3) is 0 Å². The lowest BCUT2D eigenvalue weighted by Crippen LogP contribution is -2.52. The quantitative estimate of drug-likeness (QED) is 0.398. The Hall–Kier alpha value is -2.20. The molecule has 0 aliphatic carbocycles. The molecule has 36 heavy (non-hydrogen) atoms. The average molecular weight is 557 g/mol. The first-order chi connectivity index (χ1) is 17.5. The first-order valence-electron chi connectivity index (χ1n) is 13.1. The summed E-state index contributed by atoms with van der Waals surface area (Å²) in [6, 6.07) is 9.72. The van der Waals surface area contributed by atoms with E-state index in [1.54, 1.807) is 7.11 Å². The summed E-state index contributed by atoms with van der Waals surface area (Å²) in [5.74, 6) is 0.851. The van der Waals surface area contributed by atoms with Crippen LogP contribution < -0.4 is 10.2 Å². The van der Waals surface area contributed by atoms with Gasteiger partial charge in [0.1, 0.15) is 11.3 Å². The third-order valence-corrected chi connectivity index (χ3v) is 8.14. The van der Waals surface area contributed by atoms with E-state index in [0.29, 0.717) is 12.1 Å². The van der Waals surface area contributed by atoms with Crippen molar-refractivity contribution in [2.24, 2.45) is 0 Å². The van der Waals surface area contributed by atoms with Crippen LogP contribution in [0.15, 0.2) is 34.9 Å². The van der Waals surface area contributed by atoms with Crippen LogP contribution in [0.4, 0.5) is 11.4 Å². The molecule has 0 radical (unpaired) electrons. The molecule has 1 aromatic carbocycles. The summed E-state index contributed by atoms with van der Waals surface area (Å²) < 4.78 is 6.17. The third-order valence-electron chi connectivity index (χ3n) is 7.54. The normalized spacial score (nSPS) is 20.3. The Morgan fingerprint density at radius 3 is 2.64 bits per heavy atom. The van der Waals surface area contributed by atoms with Crippen molar-refractivity contribution in [2.45, 2.75) is 38.3 Å². The highest BCUT2D eigenvalue weighted by Gasteiger charge is 2.24. The monoisotopic (exact) mass is 555 g/mol. The molecule has 0 amide bonds. The first kappa shape index (κ1) is 25.4. The number of aromatic amines is 1. The number of aromatic nitrogens is 3. The molecular formula is C27H38BrN7O. The van der Waals surface area contributed by atoms with Crippen LogP contribution in [0.1, 0.15) is 26.2 Å². The second kappa shape index (κ2) is 11.5. The fourth-order valence-electron chi connectivity index (χ4n) is 5.42. The number of imidazole rings is 1. The maximum Gasteiger partial charge on any atom is 0.159 e. The maximum absolute atomic E-state index is 5.21. The van der Waals surface area contributed by atoms with Crippen LogP contribution in [0.5, 0.6) is 0 Å². The van der Waals surface area contributed by atoms with E-state index >= 15 is 0 Å². The minimum absolute atomic E-state index is 0.449. The molecule has 1 unspecified atom stereocenters. The number of hydrogen-bond donors (Lipinski definition) is 2. The summed E-state index contributed by atoms with van der Waals surface area (Å²) in [4.78, 5) is 20.5. The van der Waals surface area contributed by atoms with Crippen molar-refractivity contribution in [3.05, 3.63) is 34.9 Å². The predicted octanol–water partition coefficient (Wildman–Crippen LogP) is 4.44. The van der Waals surface area contributed by atoms with Gasteiger partial charge in [0.15, 0.2) is 5.65 Å². The number of benzene rings is 1. The van der Waals surface area contributed by atoms with E-state index in [-0.39, 0.29) is 0 Å². The van der Waals surface area contributed by atoms with Crippen molar-refractivity contribution >= 4 is 38.5 Å². The largest absolute Gasteiger partial charge is 0.385 e. The molecule has 0 bridgehead atoms. The van der Waals surface area contributed by atoms with Crippen molar-refractivity contribution in [2.75, 3.05) is 70.2 Å². The highest BCUT2D eigenvalue weighted by molar-refractivity contribution is 9.10. The fraction of sp³-hybridized carbons (Fsp3) is 0.556. The standard InChI is InChI=1S/C27H38BrN7O/c1-19-18-34(11-4-16-36-3)14-15-35(19)22-7-5-20(6-8-22)26-31-25-24(23(28)17-29-27(25)32-26)30-21-9-12-33(2)13-10-21/h5-8,17,19,21H,4,9-16,18H2,1-3H3,(H2,29,30,31,32). The molecule has 2 saturated heterocycles. The molecule has 194 valence electrons. The second-order valence-corrected chi connectivity index (χ2v) is 11.1. The van der Waals surface area contributed by atoms with Crippen LogP contribution in [0.25, 0.3) is 22.6 Å². The van der Waals surface area contributed by atoms with Gasteiger partial charge in [-0.25, -0.2) is 9.97 Å². The molecule has 2 aromatic heterocycles. The van der Waals surface area contributed by atoms with E-state index < -0.39 is 0 Å². The zero-order valence-corrected chi connectivity index (χ0v) is 23.2. The molecule has 3 aromatic rings. The number of methoxy groups -OCH3 is 1. The second-order valence-electron chi connectivity index (χ2n) is 10.2. The zero-order chi connectivity index (χ0) is 25.1. The number of piperazine rings is 1. The third kappa shape index (κ3) is 5.69. The average Bonchev–Trinajstić information content (AvgIpc) is 3.32. The summed E-state index contributed by atoms with van der Waals surface area (Å²) in [6.07, 6.45) is 5.22. The van der Waals surface area contributed by atoms with Gasteiger partial charge in [0.2, 0.25) is 0 Å². The molecule has 2 N–H and O–H groups in total. The molecule has 2 aliphatic heterocycles. The molecule has 2 fully saturated rings. The van der Waals surface area contributed by atoms with E-state index in [1.807, 2.05) is 6.20 Å². The number of rotatable bonds is 8. The number of piperidine rings is 1. The van der Waals surface area contributed by atoms with Gasteiger partial charge in [-0.3, -0.25) is 4.90 Å². The van der Waals surface area contributed by atoms with Crippen LogP contribution in [0.3, 0.4) is 0 Å². The van der Waals surface area contributed by atoms with Gasteiger partial charge in [-0.05, 0) is 86.5 Å². The Labute approximate surface area is 222 Å². The van der Waals surface area contributed by atoms with Crippen LogP contribution in [-0.4, -0.2) is 96.9 Å². The van der Waals surface area contributed by atoms with Gasteiger partial charge in [-0.2, -0.15) is 0 Å². The molecule has 1 atom stereocenters. The van der Waals surface area contributed by atoms with Crippen LogP contribution in [0, 0.1) is 0 Å². The molecule has 8 nitrogen and oxygen atoms in total. The van der Waals surface area contributed by atoms with Gasteiger partial charge in [0.05, 0.1) is 10.2 Å². The minimum Gasteiger partial charge on any atom is -0.385 e. The van der Waals surface area contributed by atoms with E-state index in [9.17, 15) is 0 Å². The van der Waals surface area contributed by atoms with Crippen molar-refractivity contribution < 1.29 is 4.74 Å². The minimum atomic E-state index is 0.449. The van der Waals surface area contributed by atoms with Crippen molar-refractivity contribution in [1.82, 2.24) is 24.8 Å². The molecule has 0 spiro atoms. The van der Waals surface area contributed by atoms with Gasteiger partial charge >= 0.3 is 0 Å². The first-order valence-corrected chi connectivity index (χ1v) is 13.9. The lowest BCUT2D eigenvalue weighted by Gasteiger charge is -2.41. The Morgan fingerprint density at radius 1 is 1.14 bits per heavy atom. The molecule has 4 heterocycles. The molecule has 2 aliphatic rings. The van der Waals surface area contributed by atoms with E-state index in [0.717, 1.165) is 97.8 Å². The Morgan fingerprint density at radius 2 is 1.92 bits per heavy atom. The highest BCUT2D eigenvalue weighted by atomic mass is 79.9. The maximum atomic E-state index is 5.21. The summed E-state index contributed by atoms with van der Waals surface area (Å²) in [6.45, 7) is 9.71. The van der Waals surface area contributed by atoms with Crippen LogP contribution in [0.2, 0.25) is 0 Å². The SMILES string of the molecule is COCCCN1CCN(c2ccc(-c3nc4c(NC5CCN(C)CC5)c(Br)cnc4[nH]3)cc2)C(C)C1. The number of fused-ring (bicyclic) bond motifs is 1. The van der Waals surface area contributed by atoms with Gasteiger partial charge < -0.3 is 24.8 Å². The Balaban J connectivity index is 1.29. The summed E-state index contributed by atoms with van der Waals surface area (Å²) in [7, 11) is 3.96. The molecule has 9 heteroatoms. The highest BCUT2D eigenvalue weighted by Crippen LogP contribution is 2.33. The number of nitrogens with zero attached hydrogens (tertiary/aromatic N) is 5. The lowest BCUT2D eigenvalue weighted by atomic mass is 10.1. The number of likely N-dealkylation sites (tertiary alicyclic amines) is 1. The van der Waals surface area contributed by atoms with Crippen LogP contribution in [-0.2, 0) is 4.74 Å². The molecule has 5 rings (SSSR count). The van der Waals surface area contributed by atoms with Gasteiger partial charge in [0, 0.05) is 69.4 Å². The predicted molar refractivity (Wildman–Crippen MR) is 151 cm³/mol. The van der Waals surface area contributed by atoms with Crippen molar-refractivity contribution in [3.63, 3.8) is 0 Å². The molecular weight excluding hydrogens is 518 g/mol. The number of hydrogen-bond acceptors (Lipinski definition) is 7. The number of H-pyrrole nitrogens is 1. The van der Waals surface area contributed by atoms with E-state index in [4.69, 9.17) is 9.72 Å². The van der Waals surface area contributed by atoms with Crippen LogP contribution >= 0.6 is 15.9 Å². The summed E-state index contributed by atoms with van der Waals surface area (Å²) >= 11 is 3.70. The van der Waals surface area contributed by atoms with Gasteiger partial charge in [-0.1, -0.05) is 0 Å². The molecule has 0 saturated carbocycles. The van der Waals surface area contributed by atoms with E-state index in [2.05, 4.69) is 84.2 Å². The van der Waals surface area contributed by atoms with Gasteiger partial charge in [-0.15, -0.1) is 0 Å². The number of nitrogens with one attached hydrogen (secondary N) is 2. The summed E-state index contributed by atoms with van der Waals surface area (Å²) in [5.41, 5.74) is 5.07. The number of halogens is 1. The lowest BCUT2D eigenvalue weighted by molar-refractivity contribution is 0.162. The van der Waals surface area contributed by atoms with E-state index in [1.165, 1.54) is 5.69 Å². The zero-order valence-electron chi connectivity index (χ0n) is 21.6. The van der Waals surface area contributed by atoms with Crippen molar-refractivity contribution in [1.29, 1.82) is 0 Å². The number of ether oxygens (including phenoxy) is 1.